The third-order valence-corrected chi connectivity index (χ3v) is 4.81. The summed E-state index contributed by atoms with van der Waals surface area (Å²) in [6, 6.07) is 7.14. The number of benzene rings is 1. The Balaban J connectivity index is 1.88. The van der Waals surface area contributed by atoms with Crippen LogP contribution in [0.2, 0.25) is 0 Å². The molecule has 0 aromatic heterocycles. The molecule has 2 rings (SSSR count). The van der Waals surface area contributed by atoms with Crippen molar-refractivity contribution in [1.82, 2.24) is 4.31 Å². The molecule has 1 unspecified atom stereocenters. The van der Waals surface area contributed by atoms with Crippen molar-refractivity contribution in [2.75, 3.05) is 31.8 Å². The van der Waals surface area contributed by atoms with Gasteiger partial charge in [0.05, 0.1) is 13.4 Å². The molecule has 1 amide bonds. The molecule has 1 atom stereocenters. The molecule has 1 heterocycles. The number of hydrogen-bond donors (Lipinski definition) is 1. The predicted molar refractivity (Wildman–Crippen MR) is 80.8 cm³/mol. The van der Waals surface area contributed by atoms with Gasteiger partial charge in [-0.2, -0.15) is 0 Å². The lowest BCUT2D eigenvalue weighted by Gasteiger charge is -2.13. The van der Waals surface area contributed by atoms with E-state index in [4.69, 9.17) is 4.74 Å². The van der Waals surface area contributed by atoms with Crippen LogP contribution in [0.1, 0.15) is 12.8 Å². The van der Waals surface area contributed by atoms with Gasteiger partial charge in [-0.3, -0.25) is 4.79 Å². The summed E-state index contributed by atoms with van der Waals surface area (Å²) < 4.78 is 29.4. The number of rotatable bonds is 5. The normalized spacial score (nSPS) is 19.4. The number of amides is 1. The second-order valence-corrected chi connectivity index (χ2v) is 7.24. The Bertz CT molecular complexity index is 615. The zero-order valence-corrected chi connectivity index (χ0v) is 13.0. The van der Waals surface area contributed by atoms with Crippen molar-refractivity contribution < 1.29 is 17.9 Å². The van der Waals surface area contributed by atoms with Crippen molar-refractivity contribution in [1.29, 1.82) is 0 Å². The molecule has 21 heavy (non-hydrogen) atoms. The van der Waals surface area contributed by atoms with Gasteiger partial charge in [0.25, 0.3) is 0 Å². The Kier molecular flexibility index (Phi) is 4.84. The SMILES string of the molecule is COc1cccc(NC(=O)CC2CCN(S(C)(=O)=O)C2)c1. The third-order valence-electron chi connectivity index (χ3n) is 3.55. The number of carbonyl (C=O) groups is 1. The maximum Gasteiger partial charge on any atom is 0.224 e. The Morgan fingerprint density at radius 2 is 2.24 bits per heavy atom. The van der Waals surface area contributed by atoms with E-state index in [-0.39, 0.29) is 11.8 Å². The quantitative estimate of drug-likeness (QED) is 0.889. The van der Waals surface area contributed by atoms with Crippen LogP contribution >= 0.6 is 0 Å². The molecule has 1 aliphatic heterocycles. The molecule has 1 N–H and O–H groups in total. The summed E-state index contributed by atoms with van der Waals surface area (Å²) in [5.74, 6) is 0.644. The molecule has 1 fully saturated rings. The first-order valence-electron chi connectivity index (χ1n) is 6.77. The van der Waals surface area contributed by atoms with Crippen LogP contribution in [-0.4, -0.2) is 45.1 Å². The van der Waals surface area contributed by atoms with Crippen molar-refractivity contribution >= 4 is 21.6 Å². The fourth-order valence-corrected chi connectivity index (χ4v) is 3.36. The zero-order valence-electron chi connectivity index (χ0n) is 12.2. The number of sulfonamides is 1. The van der Waals surface area contributed by atoms with Crippen molar-refractivity contribution in [2.24, 2.45) is 5.92 Å². The standard InChI is InChI=1S/C14H20N2O4S/c1-20-13-5-3-4-12(9-13)15-14(17)8-11-6-7-16(10-11)21(2,18)19/h3-5,9,11H,6-8,10H2,1-2H3,(H,15,17). The maximum absolute atomic E-state index is 12.0. The largest absolute Gasteiger partial charge is 0.497 e. The maximum atomic E-state index is 12.0. The van der Waals surface area contributed by atoms with E-state index in [1.807, 2.05) is 0 Å². The van der Waals surface area contributed by atoms with Crippen LogP contribution in [-0.2, 0) is 14.8 Å². The second-order valence-electron chi connectivity index (χ2n) is 5.26. The average molecular weight is 312 g/mol. The van der Waals surface area contributed by atoms with Gasteiger partial charge in [-0.1, -0.05) is 6.07 Å². The van der Waals surface area contributed by atoms with Gasteiger partial charge in [0, 0.05) is 31.3 Å². The molecule has 1 saturated heterocycles. The molecule has 1 aliphatic rings. The number of nitrogens with zero attached hydrogens (tertiary/aromatic N) is 1. The monoisotopic (exact) mass is 312 g/mol. The molecule has 0 aliphatic carbocycles. The van der Waals surface area contributed by atoms with Crippen LogP contribution in [0.5, 0.6) is 5.75 Å². The molecule has 0 radical (unpaired) electrons. The Hall–Kier alpha value is -1.60. The summed E-state index contributed by atoms with van der Waals surface area (Å²) >= 11 is 0. The lowest BCUT2D eigenvalue weighted by Crippen LogP contribution is -2.28. The Labute approximate surface area is 125 Å². The minimum Gasteiger partial charge on any atom is -0.497 e. The summed E-state index contributed by atoms with van der Waals surface area (Å²) in [5, 5.41) is 2.81. The molecule has 1 aromatic carbocycles. The van der Waals surface area contributed by atoms with E-state index in [0.29, 0.717) is 30.9 Å². The first kappa shape index (κ1) is 15.8. The van der Waals surface area contributed by atoms with Crippen LogP contribution in [0.15, 0.2) is 24.3 Å². The Morgan fingerprint density at radius 3 is 2.86 bits per heavy atom. The van der Waals surface area contributed by atoms with Gasteiger partial charge >= 0.3 is 0 Å². The van der Waals surface area contributed by atoms with E-state index in [2.05, 4.69) is 5.32 Å². The highest BCUT2D eigenvalue weighted by atomic mass is 32.2. The van der Waals surface area contributed by atoms with Crippen LogP contribution in [0.4, 0.5) is 5.69 Å². The highest BCUT2D eigenvalue weighted by Gasteiger charge is 2.29. The van der Waals surface area contributed by atoms with Gasteiger partial charge < -0.3 is 10.1 Å². The molecule has 1 aromatic rings. The minimum atomic E-state index is -3.15. The first-order valence-corrected chi connectivity index (χ1v) is 8.62. The lowest BCUT2D eigenvalue weighted by atomic mass is 10.0. The molecule has 116 valence electrons. The van der Waals surface area contributed by atoms with Crippen molar-refractivity contribution in [3.8, 4) is 5.75 Å². The molecule has 0 bridgehead atoms. The zero-order chi connectivity index (χ0) is 15.5. The number of nitrogens with one attached hydrogen (secondary N) is 1. The lowest BCUT2D eigenvalue weighted by molar-refractivity contribution is -0.117. The van der Waals surface area contributed by atoms with Crippen molar-refractivity contribution in [3.05, 3.63) is 24.3 Å². The number of hydrogen-bond acceptors (Lipinski definition) is 4. The van der Waals surface area contributed by atoms with Crippen LogP contribution in [0.25, 0.3) is 0 Å². The summed E-state index contributed by atoms with van der Waals surface area (Å²) in [4.78, 5) is 12.0. The summed E-state index contributed by atoms with van der Waals surface area (Å²) in [6.45, 7) is 0.917. The molecule has 0 saturated carbocycles. The molecule has 0 spiro atoms. The van der Waals surface area contributed by atoms with E-state index >= 15 is 0 Å². The van der Waals surface area contributed by atoms with Gasteiger partial charge in [-0.15, -0.1) is 0 Å². The van der Waals surface area contributed by atoms with E-state index in [0.717, 1.165) is 6.42 Å². The summed E-state index contributed by atoms with van der Waals surface area (Å²) in [5.41, 5.74) is 0.678. The van der Waals surface area contributed by atoms with Crippen LogP contribution in [0.3, 0.4) is 0 Å². The van der Waals surface area contributed by atoms with E-state index in [1.165, 1.54) is 10.6 Å². The minimum absolute atomic E-state index is 0.0744. The number of anilines is 1. The summed E-state index contributed by atoms with van der Waals surface area (Å²) in [7, 11) is -1.59. The molecular formula is C14H20N2O4S. The van der Waals surface area contributed by atoms with Gasteiger partial charge in [-0.05, 0) is 24.5 Å². The fraction of sp³-hybridized carbons (Fsp3) is 0.500. The average Bonchev–Trinajstić information content (AvgIpc) is 2.87. The van der Waals surface area contributed by atoms with Gasteiger partial charge in [0.15, 0.2) is 0 Å². The molecular weight excluding hydrogens is 292 g/mol. The number of methoxy groups -OCH3 is 1. The van der Waals surface area contributed by atoms with Gasteiger partial charge in [0.2, 0.25) is 15.9 Å². The summed E-state index contributed by atoms with van der Waals surface area (Å²) in [6.07, 6.45) is 2.24. The Morgan fingerprint density at radius 1 is 1.48 bits per heavy atom. The van der Waals surface area contributed by atoms with Crippen LogP contribution < -0.4 is 10.1 Å². The van der Waals surface area contributed by atoms with Gasteiger partial charge in [-0.25, -0.2) is 12.7 Å². The van der Waals surface area contributed by atoms with Gasteiger partial charge in [0.1, 0.15) is 5.75 Å². The molecule has 6 nitrogen and oxygen atoms in total. The van der Waals surface area contributed by atoms with E-state index < -0.39 is 10.0 Å². The fourth-order valence-electron chi connectivity index (χ4n) is 2.44. The van der Waals surface area contributed by atoms with Crippen LogP contribution in [0, 0.1) is 5.92 Å². The second kappa shape index (κ2) is 6.44. The predicted octanol–water partition coefficient (Wildman–Crippen LogP) is 1.31. The number of ether oxygens (including phenoxy) is 1. The van der Waals surface area contributed by atoms with Crippen molar-refractivity contribution in [3.63, 3.8) is 0 Å². The topological polar surface area (TPSA) is 75.7 Å². The van der Waals surface area contributed by atoms with E-state index in [1.54, 1.807) is 31.4 Å². The van der Waals surface area contributed by atoms with Crippen molar-refractivity contribution in [2.45, 2.75) is 12.8 Å². The first-order chi connectivity index (χ1) is 9.88. The number of carbonyl (C=O) groups excluding carboxylic acids is 1. The smallest absolute Gasteiger partial charge is 0.224 e. The highest BCUT2D eigenvalue weighted by molar-refractivity contribution is 7.88. The third kappa shape index (κ3) is 4.44. The van der Waals surface area contributed by atoms with E-state index in [9.17, 15) is 13.2 Å². The highest BCUT2D eigenvalue weighted by Crippen LogP contribution is 2.23. The molecule has 7 heteroatoms.